The van der Waals surface area contributed by atoms with E-state index >= 15 is 0 Å². The number of anilines is 1. The van der Waals surface area contributed by atoms with Crippen LogP contribution >= 0.6 is 35.2 Å². The zero-order chi connectivity index (χ0) is 42.1. The minimum absolute atomic E-state index is 0.0245. The third-order valence-electron chi connectivity index (χ3n) is 7.64. The van der Waals surface area contributed by atoms with Crippen molar-refractivity contribution >= 4 is 74.9 Å². The fourth-order valence-corrected chi connectivity index (χ4v) is 8.40. The number of carbonyl (C=O) groups excluding carboxylic acids is 4. The van der Waals surface area contributed by atoms with Crippen LogP contribution in [-0.2, 0) is 55.5 Å². The van der Waals surface area contributed by atoms with Gasteiger partial charge in [0.25, 0.3) is 0 Å². The van der Waals surface area contributed by atoms with Crippen molar-refractivity contribution < 1.29 is 85.3 Å². The lowest BCUT2D eigenvalue weighted by atomic mass is 9.87. The summed E-state index contributed by atoms with van der Waals surface area (Å²) in [6, 6.07) is 0. The first kappa shape index (κ1) is 47.6. The van der Waals surface area contributed by atoms with Gasteiger partial charge in [-0.1, -0.05) is 32.5 Å². The molecular weight excluding hydrogens is 835 g/mol. The van der Waals surface area contributed by atoms with Crippen LogP contribution in [0.4, 0.5) is 5.82 Å². The van der Waals surface area contributed by atoms with E-state index in [4.69, 9.17) is 19.5 Å². The van der Waals surface area contributed by atoms with Gasteiger partial charge in [0.2, 0.25) is 11.8 Å². The number of fused-ring (bicyclic) bond motifs is 1. The van der Waals surface area contributed by atoms with Gasteiger partial charge in [0, 0.05) is 37.1 Å². The van der Waals surface area contributed by atoms with Gasteiger partial charge in [0.15, 0.2) is 22.8 Å². The number of hydrogen-bond acceptors (Lipinski definition) is 19. The number of ketones is 1. The second-order valence-corrected chi connectivity index (χ2v) is 18.1. The first-order chi connectivity index (χ1) is 25.9. The highest BCUT2D eigenvalue weighted by Crippen LogP contribution is 2.61. The molecule has 2 amide bonds. The van der Waals surface area contributed by atoms with E-state index in [-0.39, 0.29) is 59.6 Å². The van der Waals surface area contributed by atoms with Crippen molar-refractivity contribution in [2.75, 3.05) is 37.8 Å². The minimum Gasteiger partial charge on any atom is -0.386 e. The summed E-state index contributed by atoms with van der Waals surface area (Å²) in [5, 5.41) is 25.9. The maximum atomic E-state index is 12.7. The molecule has 0 bridgehead atoms. The van der Waals surface area contributed by atoms with Crippen LogP contribution in [0.1, 0.15) is 52.7 Å². The number of nitrogens with two attached hydrogens (primary N) is 1. The molecule has 7 atom stereocenters. The van der Waals surface area contributed by atoms with E-state index in [0.717, 1.165) is 29.0 Å². The fraction of sp³-hybridized carbons (Fsp3) is 0.667. The van der Waals surface area contributed by atoms with E-state index in [1.807, 2.05) is 6.92 Å². The summed E-state index contributed by atoms with van der Waals surface area (Å²) in [4.78, 5) is 98.8. The Morgan fingerprint density at radius 1 is 1.04 bits per heavy atom. The predicted octanol–water partition coefficient (Wildman–Crippen LogP) is -0.576. The van der Waals surface area contributed by atoms with Gasteiger partial charge in [-0.15, -0.1) is 0 Å². The summed E-state index contributed by atoms with van der Waals surface area (Å²) in [5.41, 5.74) is 4.23. The Morgan fingerprint density at radius 3 is 2.38 bits per heavy atom. The van der Waals surface area contributed by atoms with E-state index in [2.05, 4.69) is 34.4 Å². The molecule has 1 aliphatic rings. The lowest BCUT2D eigenvalue weighted by Crippen LogP contribution is -2.46. The van der Waals surface area contributed by atoms with Crippen LogP contribution in [0, 0.1) is 5.41 Å². The molecule has 2 aromatic rings. The quantitative estimate of drug-likeness (QED) is 0.0383. The van der Waals surface area contributed by atoms with Crippen LogP contribution < -0.4 is 16.4 Å². The number of aromatic nitrogens is 4. The number of nitrogen functional groups attached to an aromatic ring is 1. The predicted molar refractivity (Wildman–Crippen MR) is 192 cm³/mol. The molecular formula is C27H44N7O18P3S. The normalized spacial score (nSPS) is 21.6. The monoisotopic (exact) mass is 879 g/mol. The number of ether oxygens (including phenoxy) is 1. The number of aliphatic hydroxyl groups is 2. The summed E-state index contributed by atoms with van der Waals surface area (Å²) >= 11 is 0.904. The number of hydrogen-bond donors (Lipinski definition) is 9. The Morgan fingerprint density at radius 2 is 1.71 bits per heavy atom. The average Bonchev–Trinajstić information content (AvgIpc) is 3.64. The standard InChI is InChI=1S/C27H44N7O18P3S/c1-4-5-15(35)10-18(37)56-9-8-29-17(36)6-7-30-25(40)22(39)27(2,3)12-49-55(46,47)52-54(44,45)48-11-16-21(51-53(41,42)43)20(38)26(50-16)34-14-33-19-23(28)31-13-32-24(19)34/h13-14,16,20-22,26,38-39H,4-12H2,1-3H3,(H,29,36)(H,30,40)(H,44,45)(H,46,47)(H2,28,31,32)(H2,41,42,43)/t16-,20-,21-,22?,26-/m1/s1. The van der Waals surface area contributed by atoms with Crippen LogP contribution in [-0.4, -0.2) is 128 Å². The number of nitrogens with one attached hydrogen (secondary N) is 2. The van der Waals surface area contributed by atoms with Crippen molar-refractivity contribution in [2.45, 2.75) is 77.1 Å². The molecule has 316 valence electrons. The Labute approximate surface area is 322 Å². The maximum absolute atomic E-state index is 12.7. The summed E-state index contributed by atoms with van der Waals surface area (Å²) < 4.78 is 62.0. The molecule has 0 saturated carbocycles. The van der Waals surface area contributed by atoms with Crippen LogP contribution in [0.5, 0.6) is 0 Å². The summed E-state index contributed by atoms with van der Waals surface area (Å²) in [6.07, 6.45) is -6.25. The van der Waals surface area contributed by atoms with Crippen LogP contribution in [0.3, 0.4) is 0 Å². The van der Waals surface area contributed by atoms with Crippen molar-refractivity contribution in [3.05, 3.63) is 12.7 Å². The van der Waals surface area contributed by atoms with Gasteiger partial charge in [0.05, 0.1) is 26.0 Å². The van der Waals surface area contributed by atoms with Gasteiger partial charge < -0.3 is 50.9 Å². The number of amides is 2. The molecule has 56 heavy (non-hydrogen) atoms. The lowest BCUT2D eigenvalue weighted by molar-refractivity contribution is -0.137. The summed E-state index contributed by atoms with van der Waals surface area (Å²) in [7, 11) is -16.4. The number of thioether (sulfide) groups is 1. The molecule has 2 aromatic heterocycles. The summed E-state index contributed by atoms with van der Waals surface area (Å²) in [5.74, 6) is -1.47. The first-order valence-electron chi connectivity index (χ1n) is 16.5. The summed E-state index contributed by atoms with van der Waals surface area (Å²) in [6.45, 7) is 2.14. The van der Waals surface area contributed by atoms with Crippen molar-refractivity contribution in [1.82, 2.24) is 30.2 Å². The number of phosphoric acid groups is 3. The van der Waals surface area contributed by atoms with Gasteiger partial charge in [-0.2, -0.15) is 4.31 Å². The van der Waals surface area contributed by atoms with Crippen molar-refractivity contribution in [1.29, 1.82) is 0 Å². The Kier molecular flexibility index (Phi) is 17.2. The molecule has 1 aliphatic heterocycles. The highest BCUT2D eigenvalue weighted by molar-refractivity contribution is 8.13. The number of rotatable bonds is 23. The number of imidazole rings is 1. The van der Waals surface area contributed by atoms with E-state index < -0.39 is 84.6 Å². The molecule has 25 nitrogen and oxygen atoms in total. The van der Waals surface area contributed by atoms with E-state index in [1.165, 1.54) is 13.8 Å². The first-order valence-corrected chi connectivity index (χ1v) is 22.0. The molecule has 0 aromatic carbocycles. The SMILES string of the molecule is CCCC(=O)CC(=O)SCCNC(=O)CCNC(=O)C(O)C(C)(C)COP(=O)(O)OP(=O)(O)OC[C@H]1O[C@@H](n2cnc3c(N)ncnc32)[C@H](O)[C@@H]1OP(=O)(O)O. The number of Topliss-reactive ketones (excluding diaryl/α,β-unsaturated/α-hetero) is 1. The van der Waals surface area contributed by atoms with Crippen molar-refractivity contribution in [2.24, 2.45) is 5.41 Å². The molecule has 1 fully saturated rings. The number of nitrogens with zero attached hydrogens (tertiary/aromatic N) is 4. The molecule has 3 unspecified atom stereocenters. The lowest BCUT2D eigenvalue weighted by Gasteiger charge is -2.30. The van der Waals surface area contributed by atoms with E-state index in [0.29, 0.717) is 12.8 Å². The van der Waals surface area contributed by atoms with Gasteiger partial charge in [-0.05, 0) is 6.42 Å². The van der Waals surface area contributed by atoms with Crippen LogP contribution in [0.2, 0.25) is 0 Å². The largest absolute Gasteiger partial charge is 0.481 e. The number of phosphoric ester groups is 3. The Hall–Kier alpha value is -2.77. The molecule has 0 radical (unpaired) electrons. The van der Waals surface area contributed by atoms with Crippen molar-refractivity contribution in [3.63, 3.8) is 0 Å². The second kappa shape index (κ2) is 20.3. The highest BCUT2D eigenvalue weighted by atomic mass is 32.2. The van der Waals surface area contributed by atoms with Crippen molar-refractivity contribution in [3.8, 4) is 0 Å². The highest BCUT2D eigenvalue weighted by Gasteiger charge is 2.50. The second-order valence-electron chi connectivity index (χ2n) is 12.8. The number of carbonyl (C=O) groups is 4. The Balaban J connectivity index is 1.48. The molecule has 1 saturated heterocycles. The van der Waals surface area contributed by atoms with Gasteiger partial charge >= 0.3 is 23.5 Å². The van der Waals surface area contributed by atoms with Crippen LogP contribution in [0.15, 0.2) is 12.7 Å². The molecule has 29 heteroatoms. The maximum Gasteiger partial charge on any atom is 0.481 e. The van der Waals surface area contributed by atoms with E-state index in [1.54, 1.807) is 0 Å². The topological polar surface area (TPSA) is 381 Å². The Bertz CT molecular complexity index is 1860. The smallest absolute Gasteiger partial charge is 0.386 e. The molecule has 10 N–H and O–H groups in total. The zero-order valence-electron chi connectivity index (χ0n) is 30.1. The van der Waals surface area contributed by atoms with Gasteiger partial charge in [-0.3, -0.25) is 37.3 Å². The third-order valence-corrected chi connectivity index (χ3v) is 11.6. The zero-order valence-corrected chi connectivity index (χ0v) is 33.6. The average molecular weight is 880 g/mol. The number of aliphatic hydroxyl groups excluding tert-OH is 2. The van der Waals surface area contributed by atoms with Gasteiger partial charge in [-0.25, -0.2) is 28.6 Å². The third kappa shape index (κ3) is 14.6. The molecule has 3 rings (SSSR count). The molecule has 3 heterocycles. The van der Waals surface area contributed by atoms with Gasteiger partial charge in [0.1, 0.15) is 42.0 Å². The minimum atomic E-state index is -5.58. The molecule has 0 spiro atoms. The fourth-order valence-electron chi connectivity index (χ4n) is 4.87. The van der Waals surface area contributed by atoms with E-state index in [9.17, 15) is 62.7 Å². The van der Waals surface area contributed by atoms with Crippen LogP contribution in [0.25, 0.3) is 11.2 Å². The molecule has 0 aliphatic carbocycles.